The van der Waals surface area contributed by atoms with Crippen LogP contribution in [-0.4, -0.2) is 35.7 Å². The zero-order valence-electron chi connectivity index (χ0n) is 15.5. The fraction of sp³-hybridized carbons (Fsp3) is 0.409. The minimum absolute atomic E-state index is 0.0837. The Kier molecular flexibility index (Phi) is 6.00. The average Bonchev–Trinajstić information content (AvgIpc) is 3.09. The van der Waals surface area contributed by atoms with E-state index >= 15 is 0 Å². The minimum atomic E-state index is 0.0837. The number of carbonyl (C=O) groups excluding carboxylic acids is 1. The molecule has 4 rings (SSSR count). The van der Waals surface area contributed by atoms with Gasteiger partial charge in [0.25, 0.3) is 0 Å². The Morgan fingerprint density at radius 3 is 2.74 bits per heavy atom. The van der Waals surface area contributed by atoms with Gasteiger partial charge in [-0.1, -0.05) is 36.8 Å². The number of rotatable bonds is 6. The van der Waals surface area contributed by atoms with E-state index in [1.165, 1.54) is 19.3 Å². The lowest BCUT2D eigenvalue weighted by atomic mass is 10.0. The van der Waals surface area contributed by atoms with E-state index in [9.17, 15) is 4.79 Å². The zero-order chi connectivity index (χ0) is 18.5. The van der Waals surface area contributed by atoms with Crippen LogP contribution in [0.2, 0.25) is 0 Å². The normalized spacial score (nSPS) is 22.8. The van der Waals surface area contributed by atoms with Crippen molar-refractivity contribution in [3.63, 3.8) is 0 Å². The zero-order valence-corrected chi connectivity index (χ0v) is 16.3. The lowest BCUT2D eigenvalue weighted by Gasteiger charge is -2.29. The van der Waals surface area contributed by atoms with Gasteiger partial charge in [-0.3, -0.25) is 4.79 Å². The van der Waals surface area contributed by atoms with Crippen molar-refractivity contribution >= 4 is 17.7 Å². The third-order valence-corrected chi connectivity index (χ3v) is 6.48. The lowest BCUT2D eigenvalue weighted by Crippen LogP contribution is -2.38. The second-order valence-electron chi connectivity index (χ2n) is 7.17. The van der Waals surface area contributed by atoms with Gasteiger partial charge in [0.05, 0.1) is 5.75 Å². The van der Waals surface area contributed by atoms with Crippen molar-refractivity contribution in [1.29, 1.82) is 0 Å². The average molecular weight is 383 g/mol. The predicted molar refractivity (Wildman–Crippen MR) is 110 cm³/mol. The van der Waals surface area contributed by atoms with E-state index in [-0.39, 0.29) is 11.3 Å². The van der Waals surface area contributed by atoms with Crippen LogP contribution in [0.4, 0.5) is 0 Å². The number of carbonyl (C=O) groups is 1. The van der Waals surface area contributed by atoms with Crippen LogP contribution in [0.5, 0.6) is 11.5 Å². The van der Waals surface area contributed by atoms with Crippen LogP contribution < -0.4 is 10.1 Å². The van der Waals surface area contributed by atoms with E-state index < -0.39 is 0 Å². The highest BCUT2D eigenvalue weighted by atomic mass is 32.2. The molecule has 0 aliphatic carbocycles. The highest BCUT2D eigenvalue weighted by molar-refractivity contribution is 8.00. The molecule has 2 aliphatic rings. The number of piperidine rings is 1. The first-order chi connectivity index (χ1) is 13.3. The van der Waals surface area contributed by atoms with Crippen LogP contribution in [0.1, 0.15) is 36.6 Å². The Labute approximate surface area is 165 Å². The number of hydrogen-bond donors (Lipinski definition) is 1. The summed E-state index contributed by atoms with van der Waals surface area (Å²) in [6.07, 6.45) is 4.82. The number of benzene rings is 2. The Hall–Kier alpha value is -1.98. The van der Waals surface area contributed by atoms with E-state index in [4.69, 9.17) is 4.74 Å². The van der Waals surface area contributed by atoms with Gasteiger partial charge in [-0.2, -0.15) is 0 Å². The Morgan fingerprint density at radius 1 is 1.07 bits per heavy atom. The van der Waals surface area contributed by atoms with Gasteiger partial charge < -0.3 is 15.0 Å². The van der Waals surface area contributed by atoms with E-state index in [1.54, 1.807) is 11.8 Å². The summed E-state index contributed by atoms with van der Waals surface area (Å²) in [5, 5.41) is 3.67. The lowest BCUT2D eigenvalue weighted by molar-refractivity contribution is -0.128. The van der Waals surface area contributed by atoms with Gasteiger partial charge in [-0.25, -0.2) is 0 Å². The van der Waals surface area contributed by atoms with Crippen LogP contribution in [0.3, 0.4) is 0 Å². The number of thioether (sulfide) groups is 1. The molecular formula is C22H26N2O2S. The van der Waals surface area contributed by atoms with E-state index in [2.05, 4.69) is 17.4 Å². The van der Waals surface area contributed by atoms with Crippen LogP contribution in [0, 0.1) is 0 Å². The molecule has 2 aliphatic heterocycles. The van der Waals surface area contributed by atoms with Crippen molar-refractivity contribution in [2.75, 3.05) is 18.8 Å². The summed E-state index contributed by atoms with van der Waals surface area (Å²) < 4.78 is 5.97. The topological polar surface area (TPSA) is 41.6 Å². The van der Waals surface area contributed by atoms with Crippen molar-refractivity contribution in [2.24, 2.45) is 0 Å². The van der Waals surface area contributed by atoms with Crippen molar-refractivity contribution in [1.82, 2.24) is 10.2 Å². The molecule has 0 aromatic heterocycles. The fourth-order valence-electron chi connectivity index (χ4n) is 3.79. The molecule has 2 heterocycles. The standard InChI is InChI=1S/C22H26N2O2S/c25-21-16-27-22(24(21)14-12-18-8-4-5-13-23-18)17-7-6-11-20(15-17)26-19-9-2-1-3-10-19/h1-3,6-7,9-11,15,18,22-23H,4-5,8,12-14,16H2. The number of nitrogens with one attached hydrogen (secondary N) is 1. The molecular weight excluding hydrogens is 356 g/mol. The van der Waals surface area contributed by atoms with Gasteiger partial charge >= 0.3 is 0 Å². The molecule has 2 saturated heterocycles. The maximum absolute atomic E-state index is 12.5. The molecule has 0 spiro atoms. The van der Waals surface area contributed by atoms with Crippen molar-refractivity contribution in [2.45, 2.75) is 37.1 Å². The second kappa shape index (κ2) is 8.81. The molecule has 27 heavy (non-hydrogen) atoms. The number of hydrogen-bond acceptors (Lipinski definition) is 4. The summed E-state index contributed by atoms with van der Waals surface area (Å²) in [5.41, 5.74) is 1.14. The summed E-state index contributed by atoms with van der Waals surface area (Å²) in [6.45, 7) is 1.92. The highest BCUT2D eigenvalue weighted by Crippen LogP contribution is 2.40. The predicted octanol–water partition coefficient (Wildman–Crippen LogP) is 4.59. The maximum atomic E-state index is 12.5. The molecule has 142 valence electrons. The van der Waals surface area contributed by atoms with Gasteiger partial charge in [0, 0.05) is 12.6 Å². The van der Waals surface area contributed by atoms with Crippen LogP contribution >= 0.6 is 11.8 Å². The number of ether oxygens (including phenoxy) is 1. The number of para-hydroxylation sites is 1. The second-order valence-corrected chi connectivity index (χ2v) is 8.24. The Bertz CT molecular complexity index is 762. The first kappa shape index (κ1) is 18.4. The number of nitrogens with zero attached hydrogens (tertiary/aromatic N) is 1. The molecule has 1 amide bonds. The molecule has 4 nitrogen and oxygen atoms in total. The molecule has 2 aromatic carbocycles. The van der Waals surface area contributed by atoms with E-state index in [0.29, 0.717) is 11.8 Å². The molecule has 2 fully saturated rings. The Balaban J connectivity index is 1.44. The summed E-state index contributed by atoms with van der Waals surface area (Å²) in [4.78, 5) is 14.5. The molecule has 2 aromatic rings. The van der Waals surface area contributed by atoms with Crippen molar-refractivity contribution in [3.05, 3.63) is 60.2 Å². The fourth-order valence-corrected chi connectivity index (χ4v) is 5.00. The molecule has 5 heteroatoms. The van der Waals surface area contributed by atoms with Crippen LogP contribution in [0.25, 0.3) is 0 Å². The molecule has 0 radical (unpaired) electrons. The number of amides is 1. The summed E-state index contributed by atoms with van der Waals surface area (Å²) in [6, 6.07) is 18.5. The van der Waals surface area contributed by atoms with E-state index in [1.807, 2.05) is 47.4 Å². The molecule has 0 saturated carbocycles. The third kappa shape index (κ3) is 4.66. The quantitative estimate of drug-likeness (QED) is 0.794. The summed E-state index contributed by atoms with van der Waals surface area (Å²) in [5.74, 6) is 2.44. The molecule has 2 atom stereocenters. The first-order valence-corrected chi connectivity index (χ1v) is 10.8. The van der Waals surface area contributed by atoms with Gasteiger partial charge in [0.15, 0.2) is 0 Å². The smallest absolute Gasteiger partial charge is 0.233 e. The van der Waals surface area contributed by atoms with Crippen LogP contribution in [-0.2, 0) is 4.79 Å². The van der Waals surface area contributed by atoms with Crippen molar-refractivity contribution < 1.29 is 9.53 Å². The van der Waals surface area contributed by atoms with Gasteiger partial charge in [-0.15, -0.1) is 11.8 Å². The SMILES string of the molecule is O=C1CSC(c2cccc(Oc3ccccc3)c2)N1CCC1CCCCN1. The highest BCUT2D eigenvalue weighted by Gasteiger charge is 2.33. The van der Waals surface area contributed by atoms with Gasteiger partial charge in [0.1, 0.15) is 16.9 Å². The minimum Gasteiger partial charge on any atom is -0.457 e. The Morgan fingerprint density at radius 2 is 1.93 bits per heavy atom. The largest absolute Gasteiger partial charge is 0.457 e. The third-order valence-electron chi connectivity index (χ3n) is 5.22. The van der Waals surface area contributed by atoms with Gasteiger partial charge in [0.2, 0.25) is 5.91 Å². The summed E-state index contributed by atoms with van der Waals surface area (Å²) in [7, 11) is 0. The van der Waals surface area contributed by atoms with Gasteiger partial charge in [-0.05, 0) is 55.6 Å². The summed E-state index contributed by atoms with van der Waals surface area (Å²) >= 11 is 1.71. The maximum Gasteiger partial charge on any atom is 0.233 e. The van der Waals surface area contributed by atoms with Crippen molar-refractivity contribution in [3.8, 4) is 11.5 Å². The molecule has 1 N–H and O–H groups in total. The first-order valence-electron chi connectivity index (χ1n) is 9.77. The van der Waals surface area contributed by atoms with E-state index in [0.717, 1.165) is 36.6 Å². The molecule has 0 bridgehead atoms. The molecule has 2 unspecified atom stereocenters. The van der Waals surface area contributed by atoms with Crippen LogP contribution in [0.15, 0.2) is 54.6 Å². The monoisotopic (exact) mass is 382 g/mol.